The van der Waals surface area contributed by atoms with E-state index in [-0.39, 0.29) is 6.54 Å². The average molecular weight is 513 g/mol. The first-order valence-electron chi connectivity index (χ1n) is 11.5. The Morgan fingerprint density at radius 2 is 1.84 bits per heavy atom. The summed E-state index contributed by atoms with van der Waals surface area (Å²) in [5.74, 6) is -0.462. The number of sulfonamides is 1. The van der Waals surface area contributed by atoms with Gasteiger partial charge in [-0.15, -0.1) is 0 Å². The van der Waals surface area contributed by atoms with Gasteiger partial charge < -0.3 is 4.98 Å². The number of nitrogens with one attached hydrogen (secondary N) is 3. The van der Waals surface area contributed by atoms with Gasteiger partial charge in [-0.05, 0) is 59.7 Å². The summed E-state index contributed by atoms with van der Waals surface area (Å²) in [5, 5.41) is 9.41. The lowest BCUT2D eigenvalue weighted by Gasteiger charge is -2.08. The van der Waals surface area contributed by atoms with Crippen molar-refractivity contribution in [2.75, 3.05) is 6.26 Å². The molecule has 0 bridgehead atoms. The number of H-pyrrole nitrogens is 2. The van der Waals surface area contributed by atoms with Gasteiger partial charge in [0.15, 0.2) is 0 Å². The predicted octanol–water partition coefficient (Wildman–Crippen LogP) is 5.02. The minimum Gasteiger partial charge on any atom is -0.352 e. The SMILES string of the molecule is CS(=O)(=O)NCc1cc(F)cc(-c2cncc3[nH]c(-c4n[nH]c5ccc(-c6ccccn6)cc45)cc23)c1. The van der Waals surface area contributed by atoms with E-state index in [9.17, 15) is 12.8 Å². The third kappa shape index (κ3) is 4.59. The van der Waals surface area contributed by atoms with Gasteiger partial charge >= 0.3 is 0 Å². The van der Waals surface area contributed by atoms with Crippen LogP contribution in [0.25, 0.3) is 55.6 Å². The fraction of sp³-hybridized carbons (Fsp3) is 0.0741. The maximum atomic E-state index is 14.5. The number of halogens is 1. The molecule has 6 rings (SSSR count). The van der Waals surface area contributed by atoms with E-state index in [0.29, 0.717) is 16.7 Å². The standard InChI is InChI=1S/C27H21FN6O2S/c1-37(35,36)31-13-16-8-18(10-19(28)9-16)22-14-29-15-26-20(22)12-25(32-26)27-21-11-17(5-6-24(21)33-34-27)23-4-2-3-7-30-23/h2-12,14-15,31-32H,13H2,1H3,(H,33,34). The first-order valence-corrected chi connectivity index (χ1v) is 13.3. The highest BCUT2D eigenvalue weighted by atomic mass is 32.2. The lowest BCUT2D eigenvalue weighted by atomic mass is 10.0. The largest absolute Gasteiger partial charge is 0.352 e. The molecular weight excluding hydrogens is 491 g/mol. The Kier molecular flexibility index (Phi) is 5.54. The van der Waals surface area contributed by atoms with Gasteiger partial charge in [-0.1, -0.05) is 12.1 Å². The number of nitrogens with zero attached hydrogens (tertiary/aromatic N) is 3. The Balaban J connectivity index is 1.44. The summed E-state index contributed by atoms with van der Waals surface area (Å²) in [5.41, 5.74) is 6.85. The van der Waals surface area contributed by atoms with Gasteiger partial charge in [0.05, 0.1) is 34.9 Å². The molecule has 0 aliphatic carbocycles. The Morgan fingerprint density at radius 3 is 2.65 bits per heavy atom. The van der Waals surface area contributed by atoms with Gasteiger partial charge in [-0.3, -0.25) is 15.1 Å². The summed E-state index contributed by atoms with van der Waals surface area (Å²) in [7, 11) is -3.41. The van der Waals surface area contributed by atoms with E-state index in [4.69, 9.17) is 0 Å². The van der Waals surface area contributed by atoms with Crippen LogP contribution in [-0.2, 0) is 16.6 Å². The highest BCUT2D eigenvalue weighted by Crippen LogP contribution is 2.35. The number of benzene rings is 2. The second-order valence-corrected chi connectivity index (χ2v) is 10.7. The van der Waals surface area contributed by atoms with Crippen molar-refractivity contribution in [2.24, 2.45) is 0 Å². The summed E-state index contributed by atoms with van der Waals surface area (Å²) >= 11 is 0. The van der Waals surface area contributed by atoms with E-state index in [2.05, 4.69) is 35.9 Å². The molecule has 0 radical (unpaired) electrons. The van der Waals surface area contributed by atoms with Crippen LogP contribution in [-0.4, -0.2) is 39.8 Å². The summed E-state index contributed by atoms with van der Waals surface area (Å²) in [6, 6.07) is 18.3. The topological polar surface area (TPSA) is 116 Å². The highest BCUT2D eigenvalue weighted by molar-refractivity contribution is 7.88. The van der Waals surface area contributed by atoms with Gasteiger partial charge in [0.1, 0.15) is 11.5 Å². The van der Waals surface area contributed by atoms with E-state index in [1.165, 1.54) is 12.1 Å². The Labute approximate surface area is 211 Å². The molecule has 0 saturated heterocycles. The zero-order valence-corrected chi connectivity index (χ0v) is 20.5. The molecule has 0 fully saturated rings. The monoisotopic (exact) mass is 512 g/mol. The van der Waals surface area contributed by atoms with Crippen molar-refractivity contribution in [3.63, 3.8) is 0 Å². The molecule has 4 heterocycles. The molecule has 0 spiro atoms. The fourth-order valence-corrected chi connectivity index (χ4v) is 4.87. The molecule has 0 aliphatic heterocycles. The van der Waals surface area contributed by atoms with Gasteiger partial charge in [-0.25, -0.2) is 17.5 Å². The van der Waals surface area contributed by atoms with Crippen LogP contribution in [0.15, 0.2) is 79.3 Å². The van der Waals surface area contributed by atoms with E-state index in [0.717, 1.165) is 50.7 Å². The molecule has 37 heavy (non-hydrogen) atoms. The maximum absolute atomic E-state index is 14.5. The number of hydrogen-bond acceptors (Lipinski definition) is 5. The fourth-order valence-electron chi connectivity index (χ4n) is 4.44. The summed E-state index contributed by atoms with van der Waals surface area (Å²) < 4.78 is 39.9. The lowest BCUT2D eigenvalue weighted by molar-refractivity contribution is 0.586. The van der Waals surface area contributed by atoms with Crippen LogP contribution in [0.5, 0.6) is 0 Å². The molecular formula is C27H21FN6O2S. The molecule has 0 amide bonds. The Hall–Kier alpha value is -4.41. The second-order valence-electron chi connectivity index (χ2n) is 8.82. The van der Waals surface area contributed by atoms with Crippen molar-refractivity contribution in [3.8, 4) is 33.8 Å². The number of rotatable bonds is 6. The number of aromatic amines is 2. The van der Waals surface area contributed by atoms with E-state index in [1.54, 1.807) is 24.7 Å². The number of hydrogen-bond donors (Lipinski definition) is 3. The predicted molar refractivity (Wildman–Crippen MR) is 141 cm³/mol. The van der Waals surface area contributed by atoms with Crippen molar-refractivity contribution in [1.29, 1.82) is 0 Å². The average Bonchev–Trinajstić information content (AvgIpc) is 3.51. The lowest BCUT2D eigenvalue weighted by Crippen LogP contribution is -2.21. The van der Waals surface area contributed by atoms with Crippen LogP contribution in [0, 0.1) is 5.82 Å². The van der Waals surface area contributed by atoms with E-state index >= 15 is 0 Å². The number of aromatic nitrogens is 5. The summed E-state index contributed by atoms with van der Waals surface area (Å²) in [6.45, 7) is -0.0107. The Bertz CT molecular complexity index is 1880. The summed E-state index contributed by atoms with van der Waals surface area (Å²) in [4.78, 5) is 12.2. The van der Waals surface area contributed by atoms with Crippen molar-refractivity contribution in [1.82, 2.24) is 29.9 Å². The first kappa shape index (κ1) is 23.0. The molecule has 0 atom stereocenters. The van der Waals surface area contributed by atoms with Crippen LogP contribution in [0.1, 0.15) is 5.56 Å². The number of fused-ring (bicyclic) bond motifs is 2. The molecule has 3 N–H and O–H groups in total. The smallest absolute Gasteiger partial charge is 0.209 e. The molecule has 184 valence electrons. The molecule has 4 aromatic heterocycles. The van der Waals surface area contributed by atoms with Crippen molar-refractivity contribution in [3.05, 3.63) is 90.6 Å². The molecule has 6 aromatic rings. The van der Waals surface area contributed by atoms with Crippen LogP contribution in [0.4, 0.5) is 4.39 Å². The van der Waals surface area contributed by atoms with Crippen molar-refractivity contribution >= 4 is 31.8 Å². The molecule has 10 heteroatoms. The van der Waals surface area contributed by atoms with Crippen LogP contribution < -0.4 is 4.72 Å². The zero-order valence-electron chi connectivity index (χ0n) is 19.7. The van der Waals surface area contributed by atoms with Crippen LogP contribution >= 0.6 is 0 Å². The zero-order chi connectivity index (χ0) is 25.6. The number of pyridine rings is 2. The molecule has 0 aliphatic rings. The third-order valence-electron chi connectivity index (χ3n) is 6.13. The van der Waals surface area contributed by atoms with Gasteiger partial charge in [0.25, 0.3) is 0 Å². The van der Waals surface area contributed by atoms with Crippen LogP contribution in [0.2, 0.25) is 0 Å². The van der Waals surface area contributed by atoms with Crippen molar-refractivity contribution < 1.29 is 12.8 Å². The van der Waals surface area contributed by atoms with E-state index < -0.39 is 15.8 Å². The molecule has 0 saturated carbocycles. The third-order valence-corrected chi connectivity index (χ3v) is 6.80. The quantitative estimate of drug-likeness (QED) is 0.290. The van der Waals surface area contributed by atoms with Crippen LogP contribution in [0.3, 0.4) is 0 Å². The Morgan fingerprint density at radius 1 is 0.946 bits per heavy atom. The molecule has 0 unspecified atom stereocenters. The van der Waals surface area contributed by atoms with E-state index in [1.807, 2.05) is 36.4 Å². The first-order chi connectivity index (χ1) is 17.8. The molecule has 8 nitrogen and oxygen atoms in total. The minimum absolute atomic E-state index is 0.0107. The second kappa shape index (κ2) is 8.91. The maximum Gasteiger partial charge on any atom is 0.209 e. The van der Waals surface area contributed by atoms with Gasteiger partial charge in [0.2, 0.25) is 10.0 Å². The molecule has 2 aromatic carbocycles. The normalized spacial score (nSPS) is 11.9. The summed E-state index contributed by atoms with van der Waals surface area (Å²) in [6.07, 6.45) is 6.21. The minimum atomic E-state index is -3.41. The van der Waals surface area contributed by atoms with Gasteiger partial charge in [-0.2, -0.15) is 5.10 Å². The van der Waals surface area contributed by atoms with Gasteiger partial charge in [0, 0.05) is 40.8 Å². The van der Waals surface area contributed by atoms with Crippen molar-refractivity contribution in [2.45, 2.75) is 6.54 Å². The highest BCUT2D eigenvalue weighted by Gasteiger charge is 2.16.